The Morgan fingerprint density at radius 3 is 2.70 bits per heavy atom. The van der Waals surface area contributed by atoms with Crippen LogP contribution in [0.5, 0.6) is 0 Å². The molecule has 0 spiro atoms. The second-order valence-corrected chi connectivity index (χ2v) is 1.58. The molecule has 50 valence electrons. The largest absolute Gasteiger partial charge is 0.296 e. The molecule has 0 aliphatic carbocycles. The number of carbonyl (C=O) groups is 2. The Bertz CT molecular complexity index is 236. The van der Waals surface area contributed by atoms with Crippen LogP contribution in [0.3, 0.4) is 0 Å². The average molecular weight is 136 g/mol. The van der Waals surface area contributed by atoms with Gasteiger partial charge in [0.1, 0.15) is 5.69 Å². The smallest absolute Gasteiger partial charge is 0.193 e. The molecule has 0 N–H and O–H groups in total. The van der Waals surface area contributed by atoms with E-state index in [-0.39, 0.29) is 11.5 Å². The van der Waals surface area contributed by atoms with Gasteiger partial charge in [-0.2, -0.15) is 0 Å². The summed E-state index contributed by atoms with van der Waals surface area (Å²) in [6.07, 6.45) is 2.42. The summed E-state index contributed by atoms with van der Waals surface area (Å²) < 4.78 is 0. The summed E-state index contributed by atoms with van der Waals surface area (Å²) in [6, 6.07) is 1.43. The first-order valence-electron chi connectivity index (χ1n) is 2.60. The first-order chi connectivity index (χ1) is 4.86. The zero-order valence-electron chi connectivity index (χ0n) is 5.02. The Kier molecular flexibility index (Phi) is 1.84. The quantitative estimate of drug-likeness (QED) is 0.541. The minimum absolute atomic E-state index is 0.0320. The number of nitrogens with zero attached hydrogens (tertiary/aromatic N) is 2. The lowest BCUT2D eigenvalue weighted by Gasteiger charge is -1.87. The van der Waals surface area contributed by atoms with Crippen molar-refractivity contribution in [3.63, 3.8) is 0 Å². The third-order valence-corrected chi connectivity index (χ3v) is 0.922. The lowest BCUT2D eigenvalue weighted by atomic mass is 10.4. The number of hydrogen-bond acceptors (Lipinski definition) is 4. The van der Waals surface area contributed by atoms with Crippen LogP contribution in [0.4, 0.5) is 0 Å². The Balaban J connectivity index is 3.09. The molecule has 0 radical (unpaired) electrons. The summed E-state index contributed by atoms with van der Waals surface area (Å²) in [7, 11) is 0. The maximum Gasteiger partial charge on any atom is 0.193 e. The summed E-state index contributed by atoms with van der Waals surface area (Å²) in [5, 5.41) is 0. The molecule has 1 rings (SSSR count). The van der Waals surface area contributed by atoms with Crippen LogP contribution in [0, 0.1) is 0 Å². The van der Waals surface area contributed by atoms with Crippen LogP contribution in [0.1, 0.15) is 21.1 Å². The van der Waals surface area contributed by atoms with E-state index in [0.29, 0.717) is 12.6 Å². The molecule has 0 fully saturated rings. The standard InChI is InChI=1S/C6H4N2O2/c9-3-5-1-2-7-6(4-10)8-5/h1-4H. The monoisotopic (exact) mass is 136 g/mol. The van der Waals surface area contributed by atoms with Crippen molar-refractivity contribution in [2.75, 3.05) is 0 Å². The van der Waals surface area contributed by atoms with Gasteiger partial charge < -0.3 is 0 Å². The molecule has 0 bridgehead atoms. The third-order valence-electron chi connectivity index (χ3n) is 0.922. The fourth-order valence-corrected chi connectivity index (χ4v) is 0.511. The van der Waals surface area contributed by atoms with Crippen LogP contribution in [0.15, 0.2) is 12.3 Å². The van der Waals surface area contributed by atoms with Crippen molar-refractivity contribution in [2.45, 2.75) is 0 Å². The molecule has 0 aliphatic heterocycles. The van der Waals surface area contributed by atoms with Gasteiger partial charge in [-0.1, -0.05) is 0 Å². The second kappa shape index (κ2) is 2.82. The van der Waals surface area contributed by atoms with E-state index in [1.165, 1.54) is 12.3 Å². The van der Waals surface area contributed by atoms with Crippen LogP contribution >= 0.6 is 0 Å². The minimum atomic E-state index is 0.0320. The van der Waals surface area contributed by atoms with E-state index in [4.69, 9.17) is 0 Å². The molecule has 0 saturated heterocycles. The maximum atomic E-state index is 10.1. The first-order valence-corrected chi connectivity index (χ1v) is 2.60. The average Bonchev–Trinajstić information content (AvgIpc) is 2.05. The SMILES string of the molecule is O=Cc1ccnc(C=O)n1. The molecule has 4 heteroatoms. The van der Waals surface area contributed by atoms with Crippen LogP contribution < -0.4 is 0 Å². The molecular weight excluding hydrogens is 132 g/mol. The maximum absolute atomic E-state index is 10.1. The van der Waals surface area contributed by atoms with Gasteiger partial charge in [-0.3, -0.25) is 9.59 Å². The van der Waals surface area contributed by atoms with Crippen molar-refractivity contribution in [3.8, 4) is 0 Å². The van der Waals surface area contributed by atoms with Gasteiger partial charge in [0.25, 0.3) is 0 Å². The number of hydrogen-bond donors (Lipinski definition) is 0. The predicted octanol–water partition coefficient (Wildman–Crippen LogP) is 0.102. The van der Waals surface area contributed by atoms with Crippen molar-refractivity contribution in [2.24, 2.45) is 0 Å². The Morgan fingerprint density at radius 2 is 2.10 bits per heavy atom. The van der Waals surface area contributed by atoms with Crippen LogP contribution in [-0.4, -0.2) is 22.5 Å². The van der Waals surface area contributed by atoms with E-state index >= 15 is 0 Å². The summed E-state index contributed by atoms with van der Waals surface area (Å²) in [4.78, 5) is 27.2. The van der Waals surface area contributed by atoms with E-state index in [9.17, 15) is 9.59 Å². The molecule has 1 aromatic heterocycles. The second-order valence-electron chi connectivity index (χ2n) is 1.58. The number of aldehydes is 2. The molecule has 1 aromatic rings. The molecule has 0 unspecified atom stereocenters. The van der Waals surface area contributed by atoms with Crippen molar-refractivity contribution in [1.82, 2.24) is 9.97 Å². The van der Waals surface area contributed by atoms with Gasteiger partial charge >= 0.3 is 0 Å². The molecule has 4 nitrogen and oxygen atoms in total. The summed E-state index contributed by atoms with van der Waals surface area (Å²) in [5.41, 5.74) is 0.220. The zero-order chi connectivity index (χ0) is 7.40. The normalized spacial score (nSPS) is 8.80. The van der Waals surface area contributed by atoms with Gasteiger partial charge in [-0.25, -0.2) is 9.97 Å². The van der Waals surface area contributed by atoms with E-state index in [1.54, 1.807) is 0 Å². The van der Waals surface area contributed by atoms with E-state index in [0.717, 1.165) is 0 Å². The molecule has 0 amide bonds. The van der Waals surface area contributed by atoms with Crippen molar-refractivity contribution in [3.05, 3.63) is 23.8 Å². The lowest BCUT2D eigenvalue weighted by Crippen LogP contribution is -1.95. The van der Waals surface area contributed by atoms with Crippen LogP contribution in [0.25, 0.3) is 0 Å². The van der Waals surface area contributed by atoms with Gasteiger partial charge in [0.05, 0.1) is 0 Å². The topological polar surface area (TPSA) is 59.9 Å². The fourth-order valence-electron chi connectivity index (χ4n) is 0.511. The number of rotatable bonds is 2. The van der Waals surface area contributed by atoms with E-state index < -0.39 is 0 Å². The highest BCUT2D eigenvalue weighted by molar-refractivity contribution is 5.74. The van der Waals surface area contributed by atoms with Crippen LogP contribution in [-0.2, 0) is 0 Å². The van der Waals surface area contributed by atoms with Gasteiger partial charge in [0.15, 0.2) is 18.4 Å². The summed E-state index contributed by atoms with van der Waals surface area (Å²) in [5.74, 6) is 0.0320. The van der Waals surface area contributed by atoms with Crippen molar-refractivity contribution >= 4 is 12.6 Å². The Labute approximate surface area is 56.9 Å². The van der Waals surface area contributed by atoms with Gasteiger partial charge in [-0.05, 0) is 6.07 Å². The molecule has 1 heterocycles. The third kappa shape index (κ3) is 1.22. The Morgan fingerprint density at radius 1 is 1.30 bits per heavy atom. The zero-order valence-corrected chi connectivity index (χ0v) is 5.02. The van der Waals surface area contributed by atoms with Gasteiger partial charge in [0.2, 0.25) is 0 Å². The molecule has 10 heavy (non-hydrogen) atoms. The summed E-state index contributed by atoms with van der Waals surface area (Å²) in [6.45, 7) is 0. The van der Waals surface area contributed by atoms with Gasteiger partial charge in [-0.15, -0.1) is 0 Å². The first kappa shape index (κ1) is 6.54. The molecule has 0 aliphatic rings. The van der Waals surface area contributed by atoms with Crippen molar-refractivity contribution < 1.29 is 9.59 Å². The molecule has 0 atom stereocenters. The van der Waals surface area contributed by atoms with E-state index in [2.05, 4.69) is 9.97 Å². The van der Waals surface area contributed by atoms with Crippen molar-refractivity contribution in [1.29, 1.82) is 0 Å². The lowest BCUT2D eigenvalue weighted by molar-refractivity contribution is 0.111. The highest BCUT2D eigenvalue weighted by Gasteiger charge is 1.93. The Hall–Kier alpha value is -1.58. The minimum Gasteiger partial charge on any atom is -0.296 e. The highest BCUT2D eigenvalue weighted by Crippen LogP contribution is 1.87. The number of aromatic nitrogens is 2. The van der Waals surface area contributed by atoms with E-state index in [1.807, 2.05) is 0 Å². The summed E-state index contributed by atoms with van der Waals surface area (Å²) >= 11 is 0. The fraction of sp³-hybridized carbons (Fsp3) is 0. The van der Waals surface area contributed by atoms with Gasteiger partial charge in [0, 0.05) is 6.20 Å². The molecule has 0 saturated carbocycles. The number of carbonyl (C=O) groups excluding carboxylic acids is 2. The molecule has 0 aromatic carbocycles. The molecular formula is C6H4N2O2. The van der Waals surface area contributed by atoms with Crippen LogP contribution in [0.2, 0.25) is 0 Å². The highest BCUT2D eigenvalue weighted by atomic mass is 16.1. The predicted molar refractivity (Wildman–Crippen MR) is 32.8 cm³/mol.